The van der Waals surface area contributed by atoms with Crippen molar-refractivity contribution in [3.63, 3.8) is 0 Å². The molecule has 7 nitrogen and oxygen atoms in total. The Morgan fingerprint density at radius 3 is 2.50 bits per heavy atom. The number of methoxy groups -OCH3 is 1. The van der Waals surface area contributed by atoms with Gasteiger partial charge in [-0.2, -0.15) is 13.2 Å². The third-order valence-electron chi connectivity index (χ3n) is 8.66. The van der Waals surface area contributed by atoms with Gasteiger partial charge in [0.2, 0.25) is 5.91 Å². The number of aryl methyl sites for hydroxylation is 1. The molecule has 1 aliphatic rings. The van der Waals surface area contributed by atoms with E-state index in [0.29, 0.717) is 48.8 Å². The van der Waals surface area contributed by atoms with Crippen LogP contribution in [0, 0.1) is 5.82 Å². The summed E-state index contributed by atoms with van der Waals surface area (Å²) < 4.78 is 66.5. The smallest absolute Gasteiger partial charge is 0.416 e. The van der Waals surface area contributed by atoms with E-state index in [4.69, 9.17) is 9.47 Å². The summed E-state index contributed by atoms with van der Waals surface area (Å²) in [6.45, 7) is 2.01. The number of benzene rings is 3. The van der Waals surface area contributed by atoms with Gasteiger partial charge < -0.3 is 24.0 Å². The minimum Gasteiger partial charge on any atom is -0.496 e. The molecule has 0 saturated heterocycles. The van der Waals surface area contributed by atoms with Gasteiger partial charge in [0.15, 0.2) is 0 Å². The Labute approximate surface area is 264 Å². The number of carboxylic acid groups (broad SMARTS) is 1. The number of hydrogen-bond donors (Lipinski definition) is 1. The zero-order valence-corrected chi connectivity index (χ0v) is 25.6. The molecule has 2 unspecified atom stereocenters. The summed E-state index contributed by atoms with van der Waals surface area (Å²) in [5.41, 5.74) is 2.38. The first-order chi connectivity index (χ1) is 22.0. The van der Waals surface area contributed by atoms with Crippen LogP contribution in [0.5, 0.6) is 11.5 Å². The van der Waals surface area contributed by atoms with Gasteiger partial charge in [-0.05, 0) is 91.8 Å². The number of carboxylic acids is 1. The number of fused-ring (bicyclic) bond motifs is 3. The third-order valence-corrected chi connectivity index (χ3v) is 8.66. The monoisotopic (exact) mass is 640 g/mol. The van der Waals surface area contributed by atoms with Gasteiger partial charge in [0.1, 0.15) is 30.0 Å². The normalized spacial score (nSPS) is 15.3. The second kappa shape index (κ2) is 13.8. The number of carbonyl (C=O) groups is 2. The summed E-state index contributed by atoms with van der Waals surface area (Å²) in [6, 6.07) is 15.1. The molecule has 1 heterocycles. The fraction of sp³-hybridized carbons (Fsp3) is 0.371. The van der Waals surface area contributed by atoms with E-state index in [2.05, 4.69) is 0 Å². The highest BCUT2D eigenvalue weighted by molar-refractivity contribution is 5.88. The Morgan fingerprint density at radius 1 is 1.09 bits per heavy atom. The summed E-state index contributed by atoms with van der Waals surface area (Å²) >= 11 is 0. The number of ether oxygens (including phenoxy) is 2. The Balaban J connectivity index is 1.41. The van der Waals surface area contributed by atoms with Crippen LogP contribution in [-0.4, -0.2) is 52.8 Å². The number of nitrogens with zero attached hydrogens (tertiary/aromatic N) is 2. The van der Waals surface area contributed by atoms with Crippen molar-refractivity contribution in [3.05, 3.63) is 94.9 Å². The molecule has 0 fully saturated rings. The van der Waals surface area contributed by atoms with Crippen LogP contribution >= 0.6 is 0 Å². The summed E-state index contributed by atoms with van der Waals surface area (Å²) in [4.78, 5) is 27.8. The van der Waals surface area contributed by atoms with Crippen molar-refractivity contribution in [3.8, 4) is 11.5 Å². The molecule has 0 radical (unpaired) electrons. The van der Waals surface area contributed by atoms with Crippen LogP contribution in [0.1, 0.15) is 54.6 Å². The lowest BCUT2D eigenvalue weighted by Crippen LogP contribution is -2.45. The quantitative estimate of drug-likeness (QED) is 0.165. The maximum atomic E-state index is 14.5. The Hall–Kier alpha value is -4.54. The molecule has 3 aromatic carbocycles. The molecule has 244 valence electrons. The fourth-order valence-corrected chi connectivity index (χ4v) is 6.44. The number of alkyl halides is 3. The molecule has 0 saturated carbocycles. The second-order valence-corrected chi connectivity index (χ2v) is 11.4. The molecule has 2 atom stereocenters. The van der Waals surface area contributed by atoms with Gasteiger partial charge >= 0.3 is 12.1 Å². The summed E-state index contributed by atoms with van der Waals surface area (Å²) in [7, 11) is 1.57. The predicted molar refractivity (Wildman–Crippen MR) is 165 cm³/mol. The molecule has 1 N–H and O–H groups in total. The van der Waals surface area contributed by atoms with Crippen LogP contribution in [0.3, 0.4) is 0 Å². The first kappa shape index (κ1) is 32.8. The topological polar surface area (TPSA) is 81.0 Å². The van der Waals surface area contributed by atoms with Crippen LogP contribution < -0.4 is 9.47 Å². The van der Waals surface area contributed by atoms with E-state index in [1.807, 2.05) is 24.3 Å². The maximum absolute atomic E-state index is 14.5. The zero-order chi connectivity index (χ0) is 33.0. The molecule has 1 aliphatic carbocycles. The van der Waals surface area contributed by atoms with Crippen LogP contribution in [0.15, 0.2) is 66.7 Å². The highest BCUT2D eigenvalue weighted by atomic mass is 19.4. The molecule has 0 spiro atoms. The van der Waals surface area contributed by atoms with E-state index in [1.165, 1.54) is 24.3 Å². The lowest BCUT2D eigenvalue weighted by molar-refractivity contribution is -0.141. The van der Waals surface area contributed by atoms with E-state index >= 15 is 0 Å². The number of aliphatic carboxylic acids is 1. The van der Waals surface area contributed by atoms with Crippen molar-refractivity contribution in [2.45, 2.75) is 63.7 Å². The number of para-hydroxylation sites is 1. The minimum absolute atomic E-state index is 0.0441. The molecular formula is C35H36F4N2O5. The number of carbonyl (C=O) groups excluding carboxylic acids is 1. The molecule has 0 aliphatic heterocycles. The second-order valence-electron chi connectivity index (χ2n) is 11.4. The van der Waals surface area contributed by atoms with E-state index in [-0.39, 0.29) is 37.3 Å². The van der Waals surface area contributed by atoms with Gasteiger partial charge in [-0.3, -0.25) is 4.79 Å². The summed E-state index contributed by atoms with van der Waals surface area (Å²) in [5.74, 6) is -0.621. The van der Waals surface area contributed by atoms with Gasteiger partial charge in [-0.15, -0.1) is 0 Å². The van der Waals surface area contributed by atoms with Crippen molar-refractivity contribution >= 4 is 22.8 Å². The van der Waals surface area contributed by atoms with Crippen LogP contribution in [0.2, 0.25) is 0 Å². The first-order valence-corrected chi connectivity index (χ1v) is 15.3. The fourth-order valence-electron chi connectivity index (χ4n) is 6.44. The van der Waals surface area contributed by atoms with E-state index in [0.717, 1.165) is 29.0 Å². The number of amides is 1. The van der Waals surface area contributed by atoms with Crippen LogP contribution in [-0.2, 0) is 35.0 Å². The average molecular weight is 641 g/mol. The molecule has 11 heteroatoms. The van der Waals surface area contributed by atoms with Crippen LogP contribution in [0.25, 0.3) is 10.9 Å². The summed E-state index contributed by atoms with van der Waals surface area (Å²) in [6.07, 6.45) is -2.09. The van der Waals surface area contributed by atoms with Gasteiger partial charge in [-0.1, -0.05) is 25.1 Å². The Kier molecular flexibility index (Phi) is 9.88. The Bertz CT molecular complexity index is 1700. The zero-order valence-electron chi connectivity index (χ0n) is 25.6. The number of halogens is 4. The highest BCUT2D eigenvalue weighted by Gasteiger charge is 2.34. The van der Waals surface area contributed by atoms with Gasteiger partial charge in [-0.25, -0.2) is 9.18 Å². The van der Waals surface area contributed by atoms with E-state index < -0.39 is 29.6 Å². The van der Waals surface area contributed by atoms with Gasteiger partial charge in [0.25, 0.3) is 0 Å². The number of rotatable bonds is 12. The standard InChI is InChI=1S/C35H36F4N2O5/c1-3-29(34(43)44)41-30-15-11-24(36)20-27(30)28-21-25(12-16-31(28)41)40(33(42)17-8-22-6-4-5-7-32(22)45-2)18-19-46-26-13-9-23(10-14-26)35(37,38)39/h4-7,9-11,13-15,20,25,29H,3,8,12,16-19,21H2,1-2H3,(H,43,44). The molecule has 5 rings (SSSR count). The SMILES string of the molecule is CCC(C(=O)O)n1c2c(c3cc(F)ccc31)CC(N(CCOc1ccc(C(F)(F)F)cc1)C(=O)CCc1ccccc1OC)CC2. The lowest BCUT2D eigenvalue weighted by atomic mass is 9.89. The van der Waals surface area contributed by atoms with Crippen molar-refractivity contribution in [1.29, 1.82) is 0 Å². The highest BCUT2D eigenvalue weighted by Crippen LogP contribution is 2.37. The van der Waals surface area contributed by atoms with Crippen LogP contribution in [0.4, 0.5) is 17.6 Å². The summed E-state index contributed by atoms with van der Waals surface area (Å²) in [5, 5.41) is 10.6. The molecule has 4 aromatic rings. The van der Waals surface area contributed by atoms with Crippen molar-refractivity contribution in [2.24, 2.45) is 0 Å². The number of hydrogen-bond acceptors (Lipinski definition) is 4. The first-order valence-electron chi connectivity index (χ1n) is 15.3. The van der Waals surface area contributed by atoms with E-state index in [9.17, 15) is 32.3 Å². The molecular weight excluding hydrogens is 604 g/mol. The van der Waals surface area contributed by atoms with Crippen molar-refractivity contribution in [1.82, 2.24) is 9.47 Å². The van der Waals surface area contributed by atoms with Crippen molar-refractivity contribution in [2.75, 3.05) is 20.3 Å². The Morgan fingerprint density at radius 2 is 1.83 bits per heavy atom. The molecule has 0 bridgehead atoms. The largest absolute Gasteiger partial charge is 0.496 e. The number of aromatic nitrogens is 1. The van der Waals surface area contributed by atoms with Gasteiger partial charge in [0, 0.05) is 29.1 Å². The predicted octanol–water partition coefficient (Wildman–Crippen LogP) is 7.24. The molecule has 1 aromatic heterocycles. The van der Waals surface area contributed by atoms with Gasteiger partial charge in [0.05, 0.1) is 19.2 Å². The van der Waals surface area contributed by atoms with E-state index in [1.54, 1.807) is 29.6 Å². The third kappa shape index (κ3) is 6.98. The maximum Gasteiger partial charge on any atom is 0.416 e. The van der Waals surface area contributed by atoms with Crippen molar-refractivity contribution < 1.29 is 41.7 Å². The minimum atomic E-state index is -4.46. The average Bonchev–Trinajstić information content (AvgIpc) is 3.34. The molecule has 1 amide bonds. The molecule has 46 heavy (non-hydrogen) atoms. The lowest BCUT2D eigenvalue weighted by Gasteiger charge is -2.35.